The Morgan fingerprint density at radius 2 is 2.00 bits per heavy atom. The average Bonchev–Trinajstić information content (AvgIpc) is 3.07. The van der Waals surface area contributed by atoms with Gasteiger partial charge in [0.15, 0.2) is 0 Å². The minimum absolute atomic E-state index is 0.432. The van der Waals surface area contributed by atoms with Crippen molar-refractivity contribution in [3.8, 4) is 0 Å². The molecule has 3 atom stereocenters. The lowest BCUT2D eigenvalue weighted by Crippen LogP contribution is -2.19. The summed E-state index contributed by atoms with van der Waals surface area (Å²) < 4.78 is 0. The molecule has 1 fully saturated rings. The molecular weight excluding hydrogens is 194 g/mol. The molecule has 1 saturated carbocycles. The quantitative estimate of drug-likeness (QED) is 0.772. The molecule has 1 nitrogen and oxygen atoms in total. The third-order valence-electron chi connectivity index (χ3n) is 3.72. The maximum absolute atomic E-state index is 6.04. The van der Waals surface area contributed by atoms with E-state index in [2.05, 4.69) is 37.3 Å². The second kappa shape index (κ2) is 5.49. The molecule has 2 rings (SSSR count). The standard InChI is InChI=1S/C15H23N/c1-2-6-14(16)10-9-13-11-15(13)12-7-4-3-5-8-12/h3-5,7-8,13-15H,2,6,9-11,16H2,1H3. The molecule has 1 aliphatic rings. The number of rotatable bonds is 6. The topological polar surface area (TPSA) is 26.0 Å². The van der Waals surface area contributed by atoms with E-state index in [-0.39, 0.29) is 0 Å². The molecule has 0 amide bonds. The van der Waals surface area contributed by atoms with E-state index in [9.17, 15) is 0 Å². The van der Waals surface area contributed by atoms with Crippen molar-refractivity contribution in [2.45, 2.75) is 51.0 Å². The Kier molecular flexibility index (Phi) is 4.00. The summed E-state index contributed by atoms with van der Waals surface area (Å²) in [5.74, 6) is 1.74. The molecule has 0 aromatic heterocycles. The normalized spacial score (nSPS) is 25.4. The van der Waals surface area contributed by atoms with Crippen LogP contribution in [0, 0.1) is 5.92 Å². The molecule has 16 heavy (non-hydrogen) atoms. The molecule has 1 heteroatoms. The Morgan fingerprint density at radius 3 is 2.69 bits per heavy atom. The maximum Gasteiger partial charge on any atom is 0.00388 e. The average molecular weight is 217 g/mol. The minimum atomic E-state index is 0.432. The van der Waals surface area contributed by atoms with Gasteiger partial charge < -0.3 is 5.73 Å². The van der Waals surface area contributed by atoms with Crippen molar-refractivity contribution in [3.05, 3.63) is 35.9 Å². The largest absolute Gasteiger partial charge is 0.328 e. The first-order valence-corrected chi connectivity index (χ1v) is 6.61. The van der Waals surface area contributed by atoms with Gasteiger partial charge in [-0.25, -0.2) is 0 Å². The lowest BCUT2D eigenvalue weighted by atomic mass is 10.0. The highest BCUT2D eigenvalue weighted by Crippen LogP contribution is 2.50. The smallest absolute Gasteiger partial charge is 0.00388 e. The summed E-state index contributed by atoms with van der Waals surface area (Å²) in [5.41, 5.74) is 7.57. The summed E-state index contributed by atoms with van der Waals surface area (Å²) in [7, 11) is 0. The first kappa shape index (κ1) is 11.7. The third kappa shape index (κ3) is 3.08. The highest BCUT2D eigenvalue weighted by molar-refractivity contribution is 5.25. The molecule has 0 radical (unpaired) electrons. The van der Waals surface area contributed by atoms with Crippen LogP contribution in [-0.4, -0.2) is 6.04 Å². The van der Waals surface area contributed by atoms with Gasteiger partial charge in [-0.2, -0.15) is 0 Å². The number of hydrogen-bond acceptors (Lipinski definition) is 1. The zero-order valence-electron chi connectivity index (χ0n) is 10.2. The van der Waals surface area contributed by atoms with Crippen LogP contribution in [-0.2, 0) is 0 Å². The van der Waals surface area contributed by atoms with Crippen LogP contribution in [0.5, 0.6) is 0 Å². The van der Waals surface area contributed by atoms with E-state index < -0.39 is 0 Å². The number of benzene rings is 1. The Bertz CT molecular complexity index is 306. The molecule has 0 heterocycles. The fourth-order valence-corrected chi connectivity index (χ4v) is 2.62. The van der Waals surface area contributed by atoms with Crippen LogP contribution in [0.3, 0.4) is 0 Å². The molecular formula is C15H23N. The van der Waals surface area contributed by atoms with Crippen LogP contribution in [0.25, 0.3) is 0 Å². The lowest BCUT2D eigenvalue weighted by Gasteiger charge is -2.09. The van der Waals surface area contributed by atoms with Crippen LogP contribution >= 0.6 is 0 Å². The monoisotopic (exact) mass is 217 g/mol. The molecule has 0 spiro atoms. The van der Waals surface area contributed by atoms with Gasteiger partial charge in [-0.3, -0.25) is 0 Å². The SMILES string of the molecule is CCCC(N)CCC1CC1c1ccccc1. The van der Waals surface area contributed by atoms with Gasteiger partial charge in [-0.05, 0) is 43.1 Å². The van der Waals surface area contributed by atoms with E-state index in [1.807, 2.05) is 0 Å². The number of nitrogens with two attached hydrogens (primary N) is 1. The second-order valence-electron chi connectivity index (χ2n) is 5.14. The van der Waals surface area contributed by atoms with Crippen molar-refractivity contribution in [2.24, 2.45) is 11.7 Å². The van der Waals surface area contributed by atoms with Crippen LogP contribution in [0.15, 0.2) is 30.3 Å². The van der Waals surface area contributed by atoms with Crippen LogP contribution in [0.1, 0.15) is 50.5 Å². The van der Waals surface area contributed by atoms with Crippen LogP contribution in [0.2, 0.25) is 0 Å². The molecule has 0 aliphatic heterocycles. The predicted octanol–water partition coefficient (Wildman–Crippen LogP) is 3.70. The summed E-state index contributed by atoms with van der Waals surface area (Å²) >= 11 is 0. The second-order valence-corrected chi connectivity index (χ2v) is 5.14. The molecule has 3 unspecified atom stereocenters. The maximum atomic E-state index is 6.04. The predicted molar refractivity (Wildman–Crippen MR) is 69.4 cm³/mol. The summed E-state index contributed by atoms with van der Waals surface area (Å²) in [6.07, 6.45) is 6.31. The summed E-state index contributed by atoms with van der Waals surface area (Å²) in [4.78, 5) is 0. The zero-order chi connectivity index (χ0) is 11.4. The molecule has 0 saturated heterocycles. The van der Waals surface area contributed by atoms with Gasteiger partial charge in [0.25, 0.3) is 0 Å². The highest BCUT2D eigenvalue weighted by Gasteiger charge is 2.37. The van der Waals surface area contributed by atoms with E-state index >= 15 is 0 Å². The van der Waals surface area contributed by atoms with Crippen molar-refractivity contribution in [1.29, 1.82) is 0 Å². The van der Waals surface area contributed by atoms with E-state index in [0.717, 1.165) is 11.8 Å². The molecule has 1 aromatic carbocycles. The molecule has 88 valence electrons. The van der Waals surface area contributed by atoms with Crippen LogP contribution in [0.4, 0.5) is 0 Å². The Balaban J connectivity index is 1.72. The molecule has 0 bridgehead atoms. The summed E-state index contributed by atoms with van der Waals surface area (Å²) in [5, 5.41) is 0. The third-order valence-corrected chi connectivity index (χ3v) is 3.72. The van der Waals surface area contributed by atoms with Gasteiger partial charge in [0.2, 0.25) is 0 Å². The van der Waals surface area contributed by atoms with Gasteiger partial charge in [0, 0.05) is 6.04 Å². The molecule has 1 aliphatic carbocycles. The Morgan fingerprint density at radius 1 is 1.25 bits per heavy atom. The number of hydrogen-bond donors (Lipinski definition) is 1. The van der Waals surface area contributed by atoms with Crippen molar-refractivity contribution in [2.75, 3.05) is 0 Å². The van der Waals surface area contributed by atoms with Gasteiger partial charge in [-0.1, -0.05) is 43.7 Å². The van der Waals surface area contributed by atoms with Gasteiger partial charge in [0.1, 0.15) is 0 Å². The fraction of sp³-hybridized carbons (Fsp3) is 0.600. The van der Waals surface area contributed by atoms with E-state index in [0.29, 0.717) is 6.04 Å². The molecule has 1 aromatic rings. The van der Waals surface area contributed by atoms with Gasteiger partial charge >= 0.3 is 0 Å². The Labute approximate surface area is 99.0 Å². The van der Waals surface area contributed by atoms with Crippen molar-refractivity contribution in [3.63, 3.8) is 0 Å². The highest BCUT2D eigenvalue weighted by atomic mass is 14.6. The van der Waals surface area contributed by atoms with Gasteiger partial charge in [0.05, 0.1) is 0 Å². The first-order chi connectivity index (χ1) is 7.81. The van der Waals surface area contributed by atoms with Gasteiger partial charge in [-0.15, -0.1) is 0 Å². The van der Waals surface area contributed by atoms with E-state index in [4.69, 9.17) is 5.73 Å². The first-order valence-electron chi connectivity index (χ1n) is 6.61. The molecule has 2 N–H and O–H groups in total. The van der Waals surface area contributed by atoms with E-state index in [1.165, 1.54) is 37.7 Å². The van der Waals surface area contributed by atoms with Crippen molar-refractivity contribution < 1.29 is 0 Å². The minimum Gasteiger partial charge on any atom is -0.328 e. The lowest BCUT2D eigenvalue weighted by molar-refractivity contribution is 0.514. The van der Waals surface area contributed by atoms with Crippen molar-refractivity contribution >= 4 is 0 Å². The Hall–Kier alpha value is -0.820. The summed E-state index contributed by atoms with van der Waals surface area (Å²) in [6.45, 7) is 2.21. The summed E-state index contributed by atoms with van der Waals surface area (Å²) in [6, 6.07) is 11.3. The van der Waals surface area contributed by atoms with Crippen LogP contribution < -0.4 is 5.73 Å². The fourth-order valence-electron chi connectivity index (χ4n) is 2.62. The van der Waals surface area contributed by atoms with E-state index in [1.54, 1.807) is 0 Å². The zero-order valence-corrected chi connectivity index (χ0v) is 10.2. The van der Waals surface area contributed by atoms with Crippen molar-refractivity contribution in [1.82, 2.24) is 0 Å².